The minimum atomic E-state index is -0.749. The predicted molar refractivity (Wildman–Crippen MR) is 153 cm³/mol. The van der Waals surface area contributed by atoms with Crippen molar-refractivity contribution in [3.63, 3.8) is 0 Å². The summed E-state index contributed by atoms with van der Waals surface area (Å²) in [5.74, 6) is -0.741. The number of hydrogen-bond acceptors (Lipinski definition) is 6. The third kappa shape index (κ3) is 7.27. The van der Waals surface area contributed by atoms with Gasteiger partial charge in [-0.25, -0.2) is 0 Å². The molecule has 0 saturated carbocycles. The Morgan fingerprint density at radius 3 is 2.33 bits per heavy atom. The van der Waals surface area contributed by atoms with E-state index >= 15 is 0 Å². The number of aliphatic hydroxyl groups is 1. The number of nitrogens with one attached hydrogen (secondary N) is 3. The number of ether oxygens (including phenoxy) is 1. The molecule has 5 atom stereocenters. The Labute approximate surface area is 236 Å². The van der Waals surface area contributed by atoms with Crippen LogP contribution in [0.5, 0.6) is 0 Å². The molecule has 9 heteroatoms. The molecular formula is C31H42N4O5. The fourth-order valence-corrected chi connectivity index (χ4v) is 5.64. The van der Waals surface area contributed by atoms with E-state index in [0.29, 0.717) is 45.1 Å². The quantitative estimate of drug-likeness (QED) is 0.356. The topological polar surface area (TPSA) is 120 Å². The van der Waals surface area contributed by atoms with Crippen LogP contribution in [0.2, 0.25) is 0 Å². The minimum Gasteiger partial charge on any atom is -0.396 e. The van der Waals surface area contributed by atoms with E-state index in [4.69, 9.17) is 4.74 Å². The van der Waals surface area contributed by atoms with Gasteiger partial charge in [0, 0.05) is 20.3 Å². The Hall–Kier alpha value is -3.27. The third-order valence-corrected chi connectivity index (χ3v) is 7.92. The first-order chi connectivity index (χ1) is 19.4. The number of aliphatic hydroxyl groups excluding tert-OH is 1. The van der Waals surface area contributed by atoms with E-state index in [9.17, 15) is 19.5 Å². The Balaban J connectivity index is 1.60. The summed E-state index contributed by atoms with van der Waals surface area (Å²) in [7, 11) is 1.56. The van der Waals surface area contributed by atoms with Gasteiger partial charge in [0.25, 0.3) is 0 Å². The number of benzene rings is 2. The molecule has 0 bridgehead atoms. The van der Waals surface area contributed by atoms with Gasteiger partial charge in [-0.15, -0.1) is 0 Å². The molecular weight excluding hydrogens is 508 g/mol. The second-order valence-corrected chi connectivity index (χ2v) is 10.6. The molecule has 0 aliphatic carbocycles. The molecule has 0 spiro atoms. The monoisotopic (exact) mass is 550 g/mol. The van der Waals surface area contributed by atoms with Crippen LogP contribution >= 0.6 is 0 Å². The molecule has 2 aliphatic rings. The average Bonchev–Trinajstić information content (AvgIpc) is 3.48. The number of nitrogens with zero attached hydrogens (tertiary/aromatic N) is 1. The van der Waals surface area contributed by atoms with E-state index in [0.717, 1.165) is 23.1 Å². The molecule has 2 aromatic rings. The van der Waals surface area contributed by atoms with Crippen molar-refractivity contribution in [3.8, 4) is 11.1 Å². The van der Waals surface area contributed by atoms with Gasteiger partial charge in [-0.1, -0.05) is 61.5 Å². The largest absolute Gasteiger partial charge is 0.396 e. The van der Waals surface area contributed by atoms with E-state index in [2.05, 4.69) is 40.2 Å². The predicted octanol–water partition coefficient (Wildman–Crippen LogP) is 2.37. The third-order valence-electron chi connectivity index (χ3n) is 7.92. The van der Waals surface area contributed by atoms with Crippen LogP contribution in [0.25, 0.3) is 11.1 Å². The molecule has 9 nitrogen and oxygen atoms in total. The first kappa shape index (κ1) is 29.7. The van der Waals surface area contributed by atoms with Gasteiger partial charge < -0.3 is 25.4 Å². The van der Waals surface area contributed by atoms with Crippen molar-refractivity contribution in [2.24, 2.45) is 0 Å². The van der Waals surface area contributed by atoms with Gasteiger partial charge in [-0.3, -0.25) is 19.7 Å². The highest BCUT2D eigenvalue weighted by Crippen LogP contribution is 2.23. The van der Waals surface area contributed by atoms with Gasteiger partial charge in [0.15, 0.2) is 0 Å². The molecule has 3 amide bonds. The van der Waals surface area contributed by atoms with Gasteiger partial charge in [0.2, 0.25) is 17.7 Å². The van der Waals surface area contributed by atoms with E-state index in [1.54, 1.807) is 12.0 Å². The highest BCUT2D eigenvalue weighted by molar-refractivity contribution is 5.93. The lowest BCUT2D eigenvalue weighted by Crippen LogP contribution is -2.63. The summed E-state index contributed by atoms with van der Waals surface area (Å²) in [6.07, 6.45) is 3.17. The van der Waals surface area contributed by atoms with Crippen molar-refractivity contribution >= 4 is 17.7 Å². The van der Waals surface area contributed by atoms with Gasteiger partial charge in [0.05, 0.1) is 12.1 Å². The summed E-state index contributed by atoms with van der Waals surface area (Å²) >= 11 is 0. The van der Waals surface area contributed by atoms with Crippen LogP contribution in [0.15, 0.2) is 54.6 Å². The summed E-state index contributed by atoms with van der Waals surface area (Å²) in [5.41, 5.74) is 3.19. The lowest BCUT2D eigenvalue weighted by atomic mass is 9.99. The fourth-order valence-electron chi connectivity index (χ4n) is 5.64. The lowest BCUT2D eigenvalue weighted by Gasteiger charge is -2.36. The van der Waals surface area contributed by atoms with Crippen LogP contribution in [0.3, 0.4) is 0 Å². The number of methoxy groups -OCH3 is 1. The molecule has 216 valence electrons. The summed E-state index contributed by atoms with van der Waals surface area (Å²) in [6, 6.07) is 15.8. The van der Waals surface area contributed by atoms with Crippen molar-refractivity contribution < 1.29 is 24.2 Å². The number of hydrogen-bond donors (Lipinski definition) is 4. The number of unbranched alkanes of at least 4 members (excludes halogenated alkanes) is 1. The van der Waals surface area contributed by atoms with Crippen LogP contribution in [-0.4, -0.2) is 78.4 Å². The van der Waals surface area contributed by atoms with Crippen LogP contribution in [0, 0.1) is 0 Å². The SMILES string of the molecule is CCC1NC(=O)[C@H](CCCCO)NC(=O)[C@H]2CCCN2C(=O)[C@H](Cc2ccc(-c3ccccc3)cc2)NC1OC. The number of amides is 3. The fraction of sp³-hybridized carbons (Fsp3) is 0.516. The van der Waals surface area contributed by atoms with E-state index in [1.807, 2.05) is 37.3 Å². The van der Waals surface area contributed by atoms with E-state index in [1.165, 1.54) is 0 Å². The highest BCUT2D eigenvalue weighted by atomic mass is 16.5. The molecule has 4 N–H and O–H groups in total. The Morgan fingerprint density at radius 1 is 0.925 bits per heavy atom. The van der Waals surface area contributed by atoms with Gasteiger partial charge in [0.1, 0.15) is 18.3 Å². The van der Waals surface area contributed by atoms with Crippen molar-refractivity contribution in [3.05, 3.63) is 60.2 Å². The number of fused-ring (bicyclic) bond motifs is 1. The maximum atomic E-state index is 14.0. The van der Waals surface area contributed by atoms with E-state index in [-0.39, 0.29) is 24.3 Å². The molecule has 40 heavy (non-hydrogen) atoms. The molecule has 0 radical (unpaired) electrons. The smallest absolute Gasteiger partial charge is 0.243 e. The summed E-state index contributed by atoms with van der Waals surface area (Å²) in [4.78, 5) is 42.4. The van der Waals surface area contributed by atoms with Gasteiger partial charge in [-0.2, -0.15) is 0 Å². The lowest BCUT2D eigenvalue weighted by molar-refractivity contribution is -0.143. The van der Waals surface area contributed by atoms with Crippen molar-refractivity contribution in [2.75, 3.05) is 20.3 Å². The van der Waals surface area contributed by atoms with Crippen molar-refractivity contribution in [2.45, 2.75) is 82.3 Å². The molecule has 2 saturated heterocycles. The molecule has 2 aromatic carbocycles. The normalized spacial score (nSPS) is 25.9. The zero-order valence-electron chi connectivity index (χ0n) is 23.5. The Bertz CT molecular complexity index is 1130. The van der Waals surface area contributed by atoms with Crippen LogP contribution in [-0.2, 0) is 25.5 Å². The van der Waals surface area contributed by atoms with Crippen LogP contribution in [0.1, 0.15) is 51.0 Å². The summed E-state index contributed by atoms with van der Waals surface area (Å²) in [5, 5.41) is 18.5. The number of carbonyl (C=O) groups excluding carboxylic acids is 3. The molecule has 0 aromatic heterocycles. The zero-order chi connectivity index (χ0) is 28.5. The molecule has 2 aliphatic heterocycles. The standard InChI is InChI=1S/C31H42N4O5/c1-3-24-30(40-2)34-26(20-21-14-16-23(17-15-21)22-10-5-4-6-11-22)31(39)35-18-9-13-27(35)29(38)33-25(28(37)32-24)12-7-8-19-36/h4-6,10-11,14-17,24-27,30,34,36H,3,7-9,12-13,18-20H2,1-2H3,(H,32,37)(H,33,38)/t24?,25-,26-,27+,30?/m0/s1. The number of carbonyl (C=O) groups is 3. The first-order valence-corrected chi connectivity index (χ1v) is 14.4. The van der Waals surface area contributed by atoms with Crippen molar-refractivity contribution in [1.82, 2.24) is 20.9 Å². The summed E-state index contributed by atoms with van der Waals surface area (Å²) < 4.78 is 5.79. The Morgan fingerprint density at radius 2 is 1.65 bits per heavy atom. The van der Waals surface area contributed by atoms with Gasteiger partial charge in [-0.05, 0) is 61.6 Å². The molecule has 2 heterocycles. The first-order valence-electron chi connectivity index (χ1n) is 14.4. The maximum Gasteiger partial charge on any atom is 0.243 e. The second kappa shape index (κ2) is 14.4. The second-order valence-electron chi connectivity index (χ2n) is 10.6. The van der Waals surface area contributed by atoms with Crippen LogP contribution in [0.4, 0.5) is 0 Å². The average molecular weight is 551 g/mol. The molecule has 2 unspecified atom stereocenters. The molecule has 2 fully saturated rings. The highest BCUT2D eigenvalue weighted by Gasteiger charge is 2.40. The van der Waals surface area contributed by atoms with Gasteiger partial charge >= 0.3 is 0 Å². The minimum absolute atomic E-state index is 0.0246. The van der Waals surface area contributed by atoms with Crippen LogP contribution < -0.4 is 16.0 Å². The number of rotatable bonds is 9. The zero-order valence-corrected chi connectivity index (χ0v) is 23.5. The van der Waals surface area contributed by atoms with Crippen molar-refractivity contribution in [1.29, 1.82) is 0 Å². The van der Waals surface area contributed by atoms with E-state index < -0.39 is 30.4 Å². The molecule has 4 rings (SSSR count). The Kier molecular flexibility index (Phi) is 10.7. The maximum absolute atomic E-state index is 14.0. The summed E-state index contributed by atoms with van der Waals surface area (Å²) in [6.45, 7) is 2.45.